The SMILES string of the molecule is CC.CC.O=C(O)C1CC1.c1ccc2c(c1)CCO2. The summed E-state index contributed by atoms with van der Waals surface area (Å²) in [5, 5.41) is 8.05. The lowest BCUT2D eigenvalue weighted by atomic mass is 10.2. The van der Waals surface area contributed by atoms with Crippen LogP contribution in [-0.2, 0) is 11.2 Å². The molecule has 1 aromatic carbocycles. The lowest BCUT2D eigenvalue weighted by Crippen LogP contribution is -1.94. The molecule has 0 saturated heterocycles. The first-order chi connectivity index (χ1) is 9.27. The van der Waals surface area contributed by atoms with Gasteiger partial charge in [-0.1, -0.05) is 45.9 Å². The van der Waals surface area contributed by atoms with Gasteiger partial charge >= 0.3 is 5.97 Å². The molecule has 0 atom stereocenters. The highest BCUT2D eigenvalue weighted by Crippen LogP contribution is 2.28. The molecule has 19 heavy (non-hydrogen) atoms. The zero-order valence-electron chi connectivity index (χ0n) is 12.5. The van der Waals surface area contributed by atoms with Gasteiger partial charge in [0.15, 0.2) is 0 Å². The van der Waals surface area contributed by atoms with Crippen LogP contribution in [0.15, 0.2) is 24.3 Å². The van der Waals surface area contributed by atoms with Gasteiger partial charge in [-0.3, -0.25) is 4.79 Å². The maximum absolute atomic E-state index is 9.76. The van der Waals surface area contributed by atoms with Crippen molar-refractivity contribution in [2.75, 3.05) is 6.61 Å². The number of fused-ring (bicyclic) bond motifs is 1. The molecule has 0 bridgehead atoms. The number of hydrogen-bond donors (Lipinski definition) is 1. The minimum atomic E-state index is -0.630. The van der Waals surface area contributed by atoms with Crippen molar-refractivity contribution in [3.8, 4) is 5.75 Å². The lowest BCUT2D eigenvalue weighted by molar-refractivity contribution is -0.138. The normalized spacial score (nSPS) is 14.1. The Morgan fingerprint density at radius 2 is 1.74 bits per heavy atom. The van der Waals surface area contributed by atoms with Crippen LogP contribution in [0.2, 0.25) is 0 Å². The van der Waals surface area contributed by atoms with E-state index in [4.69, 9.17) is 9.84 Å². The number of para-hydroxylation sites is 1. The summed E-state index contributed by atoms with van der Waals surface area (Å²) in [5.41, 5.74) is 1.34. The van der Waals surface area contributed by atoms with Crippen molar-refractivity contribution >= 4 is 5.97 Å². The van der Waals surface area contributed by atoms with Crippen molar-refractivity contribution < 1.29 is 14.6 Å². The highest BCUT2D eigenvalue weighted by atomic mass is 16.5. The molecule has 0 spiro atoms. The number of aliphatic carboxylic acids is 1. The fourth-order valence-corrected chi connectivity index (χ4v) is 1.45. The van der Waals surface area contributed by atoms with Gasteiger partial charge in [0.05, 0.1) is 12.5 Å². The van der Waals surface area contributed by atoms with E-state index in [0.29, 0.717) is 0 Å². The summed E-state index contributed by atoms with van der Waals surface area (Å²) >= 11 is 0. The van der Waals surface area contributed by atoms with Crippen LogP contribution in [0.1, 0.15) is 46.1 Å². The predicted molar refractivity (Wildman–Crippen MR) is 78.7 cm³/mol. The Hall–Kier alpha value is -1.51. The second-order valence-electron chi connectivity index (χ2n) is 3.82. The molecule has 0 radical (unpaired) electrons. The Bertz CT molecular complexity index is 334. The molecule has 1 N–H and O–H groups in total. The molecule has 3 heteroatoms. The number of ether oxygens (including phenoxy) is 1. The van der Waals surface area contributed by atoms with E-state index in [1.54, 1.807) is 0 Å². The first kappa shape index (κ1) is 17.5. The van der Waals surface area contributed by atoms with Gasteiger partial charge in [-0.15, -0.1) is 0 Å². The quantitative estimate of drug-likeness (QED) is 0.830. The maximum Gasteiger partial charge on any atom is 0.306 e. The zero-order chi connectivity index (χ0) is 14.7. The fraction of sp³-hybridized carbons (Fsp3) is 0.562. The van der Waals surface area contributed by atoms with Crippen molar-refractivity contribution in [1.29, 1.82) is 0 Å². The van der Waals surface area contributed by atoms with Gasteiger partial charge in [-0.25, -0.2) is 0 Å². The van der Waals surface area contributed by atoms with E-state index in [9.17, 15) is 4.79 Å². The smallest absolute Gasteiger partial charge is 0.306 e. The van der Waals surface area contributed by atoms with Gasteiger partial charge in [0.1, 0.15) is 5.75 Å². The van der Waals surface area contributed by atoms with Crippen LogP contribution in [-0.4, -0.2) is 17.7 Å². The molecule has 1 aliphatic heterocycles. The van der Waals surface area contributed by atoms with Gasteiger partial charge in [-0.2, -0.15) is 0 Å². The third-order valence-corrected chi connectivity index (χ3v) is 2.53. The number of carboxylic acids is 1. The minimum Gasteiger partial charge on any atom is -0.493 e. The number of rotatable bonds is 1. The summed E-state index contributed by atoms with van der Waals surface area (Å²) in [7, 11) is 0. The van der Waals surface area contributed by atoms with Crippen LogP contribution in [0.25, 0.3) is 0 Å². The van der Waals surface area contributed by atoms with Gasteiger partial charge < -0.3 is 9.84 Å². The van der Waals surface area contributed by atoms with Crippen LogP contribution in [0.4, 0.5) is 0 Å². The van der Waals surface area contributed by atoms with Crippen molar-refractivity contribution in [3.05, 3.63) is 29.8 Å². The number of carboxylic acid groups (broad SMARTS) is 1. The van der Waals surface area contributed by atoms with Crippen LogP contribution in [0.5, 0.6) is 5.75 Å². The molecule has 1 saturated carbocycles. The molecule has 1 heterocycles. The summed E-state index contributed by atoms with van der Waals surface area (Å²) in [4.78, 5) is 9.76. The van der Waals surface area contributed by atoms with Crippen molar-refractivity contribution in [3.63, 3.8) is 0 Å². The minimum absolute atomic E-state index is 0.0185. The molecule has 2 aliphatic rings. The van der Waals surface area contributed by atoms with Crippen LogP contribution in [0.3, 0.4) is 0 Å². The van der Waals surface area contributed by atoms with E-state index in [0.717, 1.165) is 31.6 Å². The van der Waals surface area contributed by atoms with E-state index in [1.807, 2.05) is 45.9 Å². The summed E-state index contributed by atoms with van der Waals surface area (Å²) in [5.74, 6) is 0.456. The first-order valence-electron chi connectivity index (χ1n) is 7.21. The molecule has 0 amide bonds. The highest BCUT2D eigenvalue weighted by Gasteiger charge is 2.28. The number of benzene rings is 1. The third kappa shape index (κ3) is 6.85. The Morgan fingerprint density at radius 1 is 1.16 bits per heavy atom. The summed E-state index contributed by atoms with van der Waals surface area (Å²) in [6.45, 7) is 8.86. The van der Waals surface area contributed by atoms with E-state index < -0.39 is 5.97 Å². The molecular weight excluding hydrogens is 240 g/mol. The number of hydrogen-bond acceptors (Lipinski definition) is 2. The summed E-state index contributed by atoms with van der Waals surface area (Å²) < 4.78 is 5.30. The molecule has 1 fully saturated rings. The van der Waals surface area contributed by atoms with E-state index >= 15 is 0 Å². The van der Waals surface area contributed by atoms with Crippen molar-refractivity contribution in [2.24, 2.45) is 5.92 Å². The van der Waals surface area contributed by atoms with Crippen LogP contribution in [0, 0.1) is 5.92 Å². The molecule has 3 nitrogen and oxygen atoms in total. The Morgan fingerprint density at radius 3 is 2.16 bits per heavy atom. The van der Waals surface area contributed by atoms with Crippen molar-refractivity contribution in [2.45, 2.75) is 47.0 Å². The summed E-state index contributed by atoms with van der Waals surface area (Å²) in [6.07, 6.45) is 2.88. The largest absolute Gasteiger partial charge is 0.493 e. The maximum atomic E-state index is 9.76. The number of carbonyl (C=O) groups is 1. The lowest BCUT2D eigenvalue weighted by Gasteiger charge is -1.93. The molecular formula is C16H26O3. The second-order valence-corrected chi connectivity index (χ2v) is 3.82. The highest BCUT2D eigenvalue weighted by molar-refractivity contribution is 5.72. The third-order valence-electron chi connectivity index (χ3n) is 2.53. The van der Waals surface area contributed by atoms with Crippen molar-refractivity contribution in [1.82, 2.24) is 0 Å². The average molecular weight is 266 g/mol. The van der Waals surface area contributed by atoms with Gasteiger partial charge in [0.2, 0.25) is 0 Å². The zero-order valence-corrected chi connectivity index (χ0v) is 12.5. The van der Waals surface area contributed by atoms with Gasteiger partial charge in [0.25, 0.3) is 0 Å². The van der Waals surface area contributed by atoms with E-state index in [1.165, 1.54) is 5.56 Å². The Labute approximate surface area is 116 Å². The average Bonchev–Trinajstić information content (AvgIpc) is 3.22. The topological polar surface area (TPSA) is 46.5 Å². The van der Waals surface area contributed by atoms with E-state index in [-0.39, 0.29) is 5.92 Å². The molecule has 108 valence electrons. The molecule has 0 aromatic heterocycles. The molecule has 1 aliphatic carbocycles. The van der Waals surface area contributed by atoms with Gasteiger partial charge in [-0.05, 0) is 24.5 Å². The molecule has 1 aromatic rings. The molecule has 3 rings (SSSR count). The van der Waals surface area contributed by atoms with Gasteiger partial charge in [0, 0.05) is 6.42 Å². The standard InChI is InChI=1S/C8H8O.C4H6O2.2C2H6/c1-2-4-8-7(3-1)5-6-9-8;5-4(6)3-1-2-3;2*1-2/h1-4H,5-6H2;3H,1-2H2,(H,5,6);2*1-2H3. The molecule has 0 unspecified atom stereocenters. The Balaban J connectivity index is 0.000000284. The van der Waals surface area contributed by atoms with Crippen LogP contribution < -0.4 is 4.74 Å². The monoisotopic (exact) mass is 266 g/mol. The first-order valence-corrected chi connectivity index (χ1v) is 7.21. The Kier molecular flexibility index (Phi) is 9.59. The fourth-order valence-electron chi connectivity index (χ4n) is 1.45. The second kappa shape index (κ2) is 10.4. The predicted octanol–water partition coefficient (Wildman–Crippen LogP) is 4.15. The summed E-state index contributed by atoms with van der Waals surface area (Å²) in [6, 6.07) is 8.18. The van der Waals surface area contributed by atoms with Crippen LogP contribution >= 0.6 is 0 Å². The van der Waals surface area contributed by atoms with E-state index in [2.05, 4.69) is 6.07 Å².